The molecule has 0 saturated carbocycles. The molecular weight excluding hydrogens is 640 g/mol. The Hall–Kier alpha value is -5.61. The van der Waals surface area contributed by atoms with Crippen molar-refractivity contribution in [3.8, 4) is 33.8 Å². The Morgan fingerprint density at radius 2 is 0.918 bits per heavy atom. The molecule has 244 valence electrons. The fraction of sp³-hybridized carbons (Fsp3) is 0.100. The molecule has 2 N–H and O–H groups in total. The van der Waals surface area contributed by atoms with Crippen LogP contribution in [0.5, 0.6) is 11.5 Å². The lowest BCUT2D eigenvalue weighted by Gasteiger charge is -2.16. The van der Waals surface area contributed by atoms with Gasteiger partial charge >= 0.3 is 0 Å². The van der Waals surface area contributed by atoms with Crippen LogP contribution in [-0.2, 0) is 9.84 Å². The van der Waals surface area contributed by atoms with E-state index in [9.17, 15) is 18.6 Å². The second kappa shape index (κ2) is 12.4. The maximum absolute atomic E-state index is 14.4. The molecule has 0 aliphatic heterocycles. The Labute approximate surface area is 281 Å². The summed E-state index contributed by atoms with van der Waals surface area (Å²) in [4.78, 5) is 0.143. The van der Waals surface area contributed by atoms with Crippen molar-refractivity contribution in [3.05, 3.63) is 121 Å². The van der Waals surface area contributed by atoms with Gasteiger partial charge in [-0.25, -0.2) is 8.42 Å². The minimum absolute atomic E-state index is 0.0466. The molecule has 6 aromatic carbocycles. The number of ether oxygens (including phenoxy) is 2. The van der Waals surface area contributed by atoms with Gasteiger partial charge in [0.25, 0.3) is 0 Å². The number of aliphatic hydroxyl groups excluding tert-OH is 2. The lowest BCUT2D eigenvalue weighted by Crippen LogP contribution is -2.07. The van der Waals surface area contributed by atoms with Gasteiger partial charge in [0.15, 0.2) is 0 Å². The second-order valence-corrected chi connectivity index (χ2v) is 13.5. The first-order valence-corrected chi connectivity index (χ1v) is 17.3. The normalized spacial score (nSPS) is 12.0. The smallest absolute Gasteiger partial charge is 0.206 e. The van der Waals surface area contributed by atoms with E-state index in [1.54, 1.807) is 24.3 Å². The quantitative estimate of drug-likeness (QED) is 0.149. The average Bonchev–Trinajstić information content (AvgIpc) is 3.70. The van der Waals surface area contributed by atoms with Gasteiger partial charge in [-0.3, -0.25) is 0 Å². The molecule has 0 amide bonds. The van der Waals surface area contributed by atoms with Gasteiger partial charge in [0, 0.05) is 32.7 Å². The maximum atomic E-state index is 14.4. The number of fused-ring (bicyclic) bond motifs is 6. The fourth-order valence-electron chi connectivity index (χ4n) is 6.29. The van der Waals surface area contributed by atoms with Crippen LogP contribution in [0.1, 0.15) is 0 Å². The summed E-state index contributed by atoms with van der Waals surface area (Å²) in [6, 6.07) is 36.3. The van der Waals surface area contributed by atoms with E-state index < -0.39 is 9.84 Å². The molecule has 0 spiro atoms. The Morgan fingerprint density at radius 1 is 0.490 bits per heavy atom. The highest BCUT2D eigenvalue weighted by molar-refractivity contribution is 7.91. The summed E-state index contributed by atoms with van der Waals surface area (Å²) in [5.74, 6) is 0.878. The summed E-state index contributed by atoms with van der Waals surface area (Å²) < 4.78 is 52.5. The predicted molar refractivity (Wildman–Crippen MR) is 189 cm³/mol. The number of sulfone groups is 1. The molecule has 0 unspecified atom stereocenters. The molecule has 0 atom stereocenters. The van der Waals surface area contributed by atoms with E-state index in [0.29, 0.717) is 33.8 Å². The van der Waals surface area contributed by atoms with Gasteiger partial charge < -0.3 is 28.5 Å². The first kappa shape index (κ1) is 30.7. The number of hydrogen-bond acceptors (Lipinski definition) is 8. The number of para-hydroxylation sites is 2. The molecule has 0 radical (unpaired) electrons. The van der Waals surface area contributed by atoms with Crippen LogP contribution < -0.4 is 9.47 Å². The van der Waals surface area contributed by atoms with E-state index in [2.05, 4.69) is 0 Å². The van der Waals surface area contributed by atoms with Crippen molar-refractivity contribution in [2.24, 2.45) is 0 Å². The number of benzene rings is 6. The SMILES string of the molecule is O=S(=O)(c1ccc(OCCO)c(-c2ccc3oc4ccccc4c3c2)c1)c1ccc(OCCO)c(-c2ccc3oc4ccccc4c3c2)c1. The zero-order chi connectivity index (χ0) is 33.5. The van der Waals surface area contributed by atoms with E-state index in [4.69, 9.17) is 18.3 Å². The molecule has 2 aromatic heterocycles. The van der Waals surface area contributed by atoms with Crippen LogP contribution in [0.4, 0.5) is 0 Å². The van der Waals surface area contributed by atoms with Gasteiger partial charge in [0.1, 0.15) is 47.0 Å². The Balaban J connectivity index is 1.25. The molecule has 2 heterocycles. The third-order valence-electron chi connectivity index (χ3n) is 8.60. The average molecular weight is 671 g/mol. The summed E-state index contributed by atoms with van der Waals surface area (Å²) in [6.07, 6.45) is 0. The van der Waals surface area contributed by atoms with Crippen LogP contribution in [0.15, 0.2) is 140 Å². The highest BCUT2D eigenvalue weighted by Crippen LogP contribution is 2.40. The van der Waals surface area contributed by atoms with Crippen LogP contribution in [-0.4, -0.2) is 45.1 Å². The van der Waals surface area contributed by atoms with Crippen molar-refractivity contribution in [1.82, 2.24) is 0 Å². The summed E-state index contributed by atoms with van der Waals surface area (Å²) in [7, 11) is -4.05. The topological polar surface area (TPSA) is 119 Å². The summed E-state index contributed by atoms with van der Waals surface area (Å²) in [5, 5.41) is 22.6. The molecule has 0 saturated heterocycles. The number of hydrogen-bond donors (Lipinski definition) is 2. The third-order valence-corrected chi connectivity index (χ3v) is 10.3. The van der Waals surface area contributed by atoms with Crippen LogP contribution >= 0.6 is 0 Å². The molecule has 8 aromatic rings. The second-order valence-electron chi connectivity index (χ2n) is 11.6. The standard InChI is InChI=1S/C40H30O8S/c41-17-19-45-35-15-11-27(23-31(35)25-9-13-39-33(21-25)29-5-1-3-7-37(29)47-39)49(43,44)28-12-16-36(46-20-18-42)32(24-28)26-10-14-40-34(22-26)30-6-2-4-8-38(30)48-40/h1-16,21-24,41-42H,17-20H2. The van der Waals surface area contributed by atoms with E-state index in [0.717, 1.165) is 43.8 Å². The molecule has 49 heavy (non-hydrogen) atoms. The third kappa shape index (κ3) is 5.47. The van der Waals surface area contributed by atoms with E-state index in [1.165, 1.54) is 12.1 Å². The minimum Gasteiger partial charge on any atom is -0.491 e. The number of furan rings is 2. The van der Waals surface area contributed by atoms with E-state index >= 15 is 0 Å². The van der Waals surface area contributed by atoms with Crippen molar-refractivity contribution < 1.29 is 36.9 Å². The Kier molecular flexibility index (Phi) is 7.80. The highest BCUT2D eigenvalue weighted by atomic mass is 32.2. The van der Waals surface area contributed by atoms with Crippen LogP contribution in [0.25, 0.3) is 66.1 Å². The Morgan fingerprint density at radius 3 is 1.37 bits per heavy atom. The first-order chi connectivity index (χ1) is 23.9. The van der Waals surface area contributed by atoms with Gasteiger partial charge in [-0.2, -0.15) is 0 Å². The van der Waals surface area contributed by atoms with Gasteiger partial charge in [0.2, 0.25) is 9.84 Å². The van der Waals surface area contributed by atoms with Gasteiger partial charge in [-0.05, 0) is 83.9 Å². The van der Waals surface area contributed by atoms with Crippen molar-refractivity contribution in [2.75, 3.05) is 26.4 Å². The highest BCUT2D eigenvalue weighted by Gasteiger charge is 2.23. The molecular formula is C40H30O8S. The lowest BCUT2D eigenvalue weighted by atomic mass is 10.0. The van der Waals surface area contributed by atoms with Crippen LogP contribution in [0, 0.1) is 0 Å². The number of aliphatic hydroxyl groups is 2. The molecule has 0 fully saturated rings. The maximum Gasteiger partial charge on any atom is 0.206 e. The molecule has 8 nitrogen and oxygen atoms in total. The van der Waals surface area contributed by atoms with Crippen molar-refractivity contribution in [2.45, 2.75) is 9.79 Å². The van der Waals surface area contributed by atoms with Crippen LogP contribution in [0.3, 0.4) is 0 Å². The summed E-state index contributed by atoms with van der Waals surface area (Å²) in [5.41, 5.74) is 5.52. The predicted octanol–water partition coefficient (Wildman–Crippen LogP) is 8.39. The Bertz CT molecular complexity index is 2440. The summed E-state index contributed by atoms with van der Waals surface area (Å²) >= 11 is 0. The van der Waals surface area contributed by atoms with Gasteiger partial charge in [-0.15, -0.1) is 0 Å². The fourth-order valence-corrected chi connectivity index (χ4v) is 7.60. The zero-order valence-corrected chi connectivity index (χ0v) is 26.9. The van der Waals surface area contributed by atoms with Gasteiger partial charge in [0.05, 0.1) is 23.0 Å². The molecule has 0 aliphatic rings. The lowest BCUT2D eigenvalue weighted by molar-refractivity contribution is 0.202. The molecule has 9 heteroatoms. The van der Waals surface area contributed by atoms with E-state index in [-0.39, 0.29) is 36.2 Å². The largest absolute Gasteiger partial charge is 0.491 e. The van der Waals surface area contributed by atoms with Crippen molar-refractivity contribution >= 4 is 53.7 Å². The number of rotatable bonds is 10. The summed E-state index contributed by atoms with van der Waals surface area (Å²) in [6.45, 7) is -0.298. The van der Waals surface area contributed by atoms with Crippen molar-refractivity contribution in [1.29, 1.82) is 0 Å². The van der Waals surface area contributed by atoms with Crippen LogP contribution in [0.2, 0.25) is 0 Å². The molecule has 0 aliphatic carbocycles. The van der Waals surface area contributed by atoms with Gasteiger partial charge in [-0.1, -0.05) is 48.5 Å². The molecule has 0 bridgehead atoms. The first-order valence-electron chi connectivity index (χ1n) is 15.8. The minimum atomic E-state index is -4.05. The molecule has 8 rings (SSSR count). The monoisotopic (exact) mass is 670 g/mol. The zero-order valence-electron chi connectivity index (χ0n) is 26.1. The van der Waals surface area contributed by atoms with E-state index in [1.807, 2.05) is 84.9 Å². The van der Waals surface area contributed by atoms with Crippen molar-refractivity contribution in [3.63, 3.8) is 0 Å².